The lowest BCUT2D eigenvalue weighted by atomic mass is 9.89. The summed E-state index contributed by atoms with van der Waals surface area (Å²) in [5, 5.41) is 3.38. The number of ether oxygens (including phenoxy) is 1. The van der Waals surface area contributed by atoms with Crippen molar-refractivity contribution in [1.29, 1.82) is 0 Å². The molecule has 3 aliphatic heterocycles. The summed E-state index contributed by atoms with van der Waals surface area (Å²) in [6, 6.07) is 10.3. The van der Waals surface area contributed by atoms with Crippen molar-refractivity contribution in [3.63, 3.8) is 0 Å². The van der Waals surface area contributed by atoms with Crippen molar-refractivity contribution in [2.45, 2.75) is 108 Å². The number of likely N-dealkylation sites (tertiary alicyclic amines) is 1. The molecular formula is C32H47N5O3. The lowest BCUT2D eigenvalue weighted by molar-refractivity contribution is -0.147. The summed E-state index contributed by atoms with van der Waals surface area (Å²) in [6.45, 7) is 5.28. The molecule has 3 saturated heterocycles. The van der Waals surface area contributed by atoms with Gasteiger partial charge in [0.05, 0.1) is 23.6 Å². The summed E-state index contributed by atoms with van der Waals surface area (Å²) in [7, 11) is 0. The highest BCUT2D eigenvalue weighted by Gasteiger charge is 2.44. The first kappa shape index (κ1) is 27.7. The molecule has 4 heterocycles. The number of esters is 1. The van der Waals surface area contributed by atoms with Gasteiger partial charge in [0.25, 0.3) is 5.56 Å². The molecule has 8 nitrogen and oxygen atoms in total. The quantitative estimate of drug-likeness (QED) is 0.466. The number of benzene rings is 1. The number of aromatic nitrogens is 2. The summed E-state index contributed by atoms with van der Waals surface area (Å²) >= 11 is 0. The van der Waals surface area contributed by atoms with E-state index in [0.717, 1.165) is 56.0 Å². The predicted octanol–water partition coefficient (Wildman–Crippen LogP) is 4.97. The van der Waals surface area contributed by atoms with Gasteiger partial charge in [-0.1, -0.05) is 44.2 Å². The van der Waals surface area contributed by atoms with E-state index in [2.05, 4.69) is 25.8 Å². The van der Waals surface area contributed by atoms with E-state index in [-0.39, 0.29) is 23.5 Å². The molecule has 0 radical (unpaired) electrons. The van der Waals surface area contributed by atoms with Crippen LogP contribution in [0.15, 0.2) is 29.1 Å². The number of para-hydroxylation sites is 2. The molecule has 3 atom stereocenters. The van der Waals surface area contributed by atoms with E-state index in [4.69, 9.17) is 9.72 Å². The van der Waals surface area contributed by atoms with Crippen LogP contribution in [0.5, 0.6) is 0 Å². The van der Waals surface area contributed by atoms with E-state index in [1.165, 1.54) is 57.8 Å². The smallest absolute Gasteiger partial charge is 0.310 e. The van der Waals surface area contributed by atoms with Crippen molar-refractivity contribution in [3.05, 3.63) is 34.6 Å². The zero-order chi connectivity index (χ0) is 27.5. The Balaban J connectivity index is 1.16. The first-order valence-corrected chi connectivity index (χ1v) is 16.0. The van der Waals surface area contributed by atoms with Crippen LogP contribution in [0.25, 0.3) is 11.0 Å². The normalized spacial score (nSPS) is 28.4. The van der Waals surface area contributed by atoms with Crippen molar-refractivity contribution in [1.82, 2.24) is 19.4 Å². The average Bonchev–Trinajstić information content (AvgIpc) is 3.51. The van der Waals surface area contributed by atoms with Crippen LogP contribution in [-0.4, -0.2) is 76.2 Å². The van der Waals surface area contributed by atoms with Crippen LogP contribution in [0.3, 0.4) is 0 Å². The standard InChI is InChI=1S/C32H47N5O3/c1-2-40-32(39)23-16-18-35(22-23)19-17-33-30-31(38)37(29-13-9-8-12-28(29)34-30)27-20-25-14-15-26(21-27)36(25)24-10-6-4-3-5-7-11-24/h8-9,12-13,23-27H,2-7,10-11,14-22H2,1H3,(H,33,34). The summed E-state index contributed by atoms with van der Waals surface area (Å²) in [6.07, 6.45) is 15.1. The van der Waals surface area contributed by atoms with Gasteiger partial charge in [-0.25, -0.2) is 4.98 Å². The number of fused-ring (bicyclic) bond motifs is 3. The molecule has 2 bridgehead atoms. The molecule has 1 aromatic heterocycles. The van der Waals surface area contributed by atoms with E-state index in [1.54, 1.807) is 0 Å². The van der Waals surface area contributed by atoms with Gasteiger partial charge in [-0.05, 0) is 70.5 Å². The second kappa shape index (κ2) is 12.6. The zero-order valence-electron chi connectivity index (χ0n) is 24.2. The number of anilines is 1. The Bertz CT molecular complexity index is 1210. The molecule has 1 aliphatic carbocycles. The lowest BCUT2D eigenvalue weighted by Gasteiger charge is -2.45. The molecule has 0 amide bonds. The van der Waals surface area contributed by atoms with Crippen LogP contribution in [0.4, 0.5) is 5.82 Å². The Labute approximate surface area is 238 Å². The Morgan fingerprint density at radius 2 is 1.68 bits per heavy atom. The summed E-state index contributed by atoms with van der Waals surface area (Å²) in [5.74, 6) is 0.320. The van der Waals surface area contributed by atoms with Gasteiger partial charge in [-0.3, -0.25) is 14.5 Å². The maximum absolute atomic E-state index is 14.0. The second-order valence-electron chi connectivity index (χ2n) is 12.5. The molecular weight excluding hydrogens is 502 g/mol. The largest absolute Gasteiger partial charge is 0.466 e. The van der Waals surface area contributed by atoms with Crippen LogP contribution < -0.4 is 10.9 Å². The SMILES string of the molecule is CCOC(=O)C1CCN(CCNc2nc3ccccc3n(C3CC4CCC(C3)N4C3CCCCCCC3)c2=O)C1. The summed E-state index contributed by atoms with van der Waals surface area (Å²) in [5.41, 5.74) is 1.84. The number of carbonyl (C=O) groups is 1. The molecule has 4 aliphatic rings. The number of carbonyl (C=O) groups excluding carboxylic acids is 1. The summed E-state index contributed by atoms with van der Waals surface area (Å²) < 4.78 is 7.29. The Morgan fingerprint density at radius 1 is 0.950 bits per heavy atom. The fraction of sp³-hybridized carbons (Fsp3) is 0.719. The zero-order valence-corrected chi connectivity index (χ0v) is 24.2. The molecule has 218 valence electrons. The van der Waals surface area contributed by atoms with E-state index >= 15 is 0 Å². The van der Waals surface area contributed by atoms with Gasteiger partial charge in [-0.2, -0.15) is 0 Å². The molecule has 8 heteroatoms. The number of rotatable bonds is 8. The molecule has 0 spiro atoms. The maximum Gasteiger partial charge on any atom is 0.310 e. The van der Waals surface area contributed by atoms with Crippen molar-refractivity contribution >= 4 is 22.8 Å². The van der Waals surface area contributed by atoms with Gasteiger partial charge in [0.15, 0.2) is 5.82 Å². The van der Waals surface area contributed by atoms with E-state index < -0.39 is 0 Å². The number of hydrogen-bond acceptors (Lipinski definition) is 7. The average molecular weight is 550 g/mol. The number of nitrogens with one attached hydrogen (secondary N) is 1. The minimum Gasteiger partial charge on any atom is -0.466 e. The van der Waals surface area contributed by atoms with Crippen LogP contribution in [0, 0.1) is 5.92 Å². The molecule has 1 N–H and O–H groups in total. The molecule has 3 unspecified atom stereocenters. The topological polar surface area (TPSA) is 79.7 Å². The van der Waals surface area contributed by atoms with Crippen LogP contribution in [0.2, 0.25) is 0 Å². The molecule has 40 heavy (non-hydrogen) atoms. The van der Waals surface area contributed by atoms with Gasteiger partial charge < -0.3 is 19.5 Å². The van der Waals surface area contributed by atoms with Crippen molar-refractivity contribution in [2.75, 3.05) is 38.1 Å². The van der Waals surface area contributed by atoms with Crippen molar-refractivity contribution < 1.29 is 9.53 Å². The number of nitrogens with zero attached hydrogens (tertiary/aromatic N) is 4. The Kier molecular flexibility index (Phi) is 8.73. The molecule has 4 fully saturated rings. The Morgan fingerprint density at radius 3 is 2.42 bits per heavy atom. The molecule has 1 saturated carbocycles. The first-order valence-electron chi connectivity index (χ1n) is 16.0. The van der Waals surface area contributed by atoms with Crippen LogP contribution in [0.1, 0.15) is 90.0 Å². The monoisotopic (exact) mass is 549 g/mol. The fourth-order valence-electron chi connectivity index (χ4n) is 8.18. The maximum atomic E-state index is 14.0. The van der Waals surface area contributed by atoms with Gasteiger partial charge in [-0.15, -0.1) is 0 Å². The lowest BCUT2D eigenvalue weighted by Crippen LogP contribution is -2.50. The van der Waals surface area contributed by atoms with E-state index in [9.17, 15) is 9.59 Å². The van der Waals surface area contributed by atoms with E-state index in [1.807, 2.05) is 25.1 Å². The van der Waals surface area contributed by atoms with Gasteiger partial charge >= 0.3 is 5.97 Å². The molecule has 2 aromatic rings. The highest BCUT2D eigenvalue weighted by atomic mass is 16.5. The highest BCUT2D eigenvalue weighted by molar-refractivity contribution is 5.76. The van der Waals surface area contributed by atoms with Crippen LogP contribution in [-0.2, 0) is 9.53 Å². The van der Waals surface area contributed by atoms with Crippen molar-refractivity contribution in [3.8, 4) is 0 Å². The first-order chi connectivity index (χ1) is 19.6. The van der Waals surface area contributed by atoms with E-state index in [0.29, 0.717) is 31.1 Å². The highest BCUT2D eigenvalue weighted by Crippen LogP contribution is 2.44. The third kappa shape index (κ3) is 5.80. The molecule has 6 rings (SSSR count). The van der Waals surface area contributed by atoms with Crippen LogP contribution >= 0.6 is 0 Å². The third-order valence-corrected chi connectivity index (χ3v) is 10.0. The number of piperidine rings is 1. The summed E-state index contributed by atoms with van der Waals surface area (Å²) in [4.78, 5) is 36.0. The van der Waals surface area contributed by atoms with Gasteiger partial charge in [0.2, 0.25) is 0 Å². The Hall–Kier alpha value is -2.45. The second-order valence-corrected chi connectivity index (χ2v) is 12.5. The minimum absolute atomic E-state index is 0.00771. The number of hydrogen-bond donors (Lipinski definition) is 1. The predicted molar refractivity (Wildman–Crippen MR) is 159 cm³/mol. The minimum atomic E-state index is -0.0911. The molecule has 1 aromatic carbocycles. The van der Waals surface area contributed by atoms with Gasteiger partial charge in [0.1, 0.15) is 0 Å². The van der Waals surface area contributed by atoms with Gasteiger partial charge in [0, 0.05) is 43.8 Å². The third-order valence-electron chi connectivity index (χ3n) is 10.0. The van der Waals surface area contributed by atoms with Crippen molar-refractivity contribution in [2.24, 2.45) is 5.92 Å². The fourth-order valence-corrected chi connectivity index (χ4v) is 8.18.